The maximum atomic E-state index is 14.6. The van der Waals surface area contributed by atoms with E-state index in [0.717, 1.165) is 16.7 Å². The highest BCUT2D eigenvalue weighted by atomic mass is 35.5. The molecule has 0 radical (unpaired) electrons. The standard InChI is InChI=1S/C47H38ClN5O6S2.C5H5N/c48-31-40-42(44(55)53(40)61(56,57)58)50-43(54)41(52-59-47(36-25-13-4-14-26-36,37-27-15-5-16-28-37)38-29-17-6-18-30-38)39-32-60-45(49-39)51-46(33-19-7-1-8-20-33,34-21-9-2-10-22-34)35-23-11-3-12-24-35;1-2-4-6-5-3-1/h1-30,32,40,42H,31H2,(H,49,51)(H,50,54)(H,56,57,58);1-5H/b52-41+;. The molecule has 0 aliphatic carbocycles. The first-order valence-electron chi connectivity index (χ1n) is 21.0. The van der Waals surface area contributed by atoms with Crippen molar-refractivity contribution in [3.05, 3.63) is 257 Å². The zero-order valence-corrected chi connectivity index (χ0v) is 38.0. The number of nitrogens with one attached hydrogen (secondary N) is 2. The molecule has 3 heterocycles. The van der Waals surface area contributed by atoms with Gasteiger partial charge in [0.05, 0.1) is 6.04 Å². The summed E-state index contributed by atoms with van der Waals surface area (Å²) in [6.45, 7) is 0. The van der Waals surface area contributed by atoms with E-state index in [1.54, 1.807) is 17.8 Å². The van der Waals surface area contributed by atoms with Gasteiger partial charge in [0.25, 0.3) is 11.8 Å². The third-order valence-corrected chi connectivity index (χ3v) is 13.1. The van der Waals surface area contributed by atoms with Gasteiger partial charge in [-0.15, -0.1) is 22.9 Å². The van der Waals surface area contributed by atoms with Crippen molar-refractivity contribution in [2.75, 3.05) is 11.2 Å². The molecule has 67 heavy (non-hydrogen) atoms. The van der Waals surface area contributed by atoms with Gasteiger partial charge >= 0.3 is 10.3 Å². The minimum absolute atomic E-state index is 0.0944. The molecule has 2 atom stereocenters. The number of anilines is 1. The lowest BCUT2D eigenvalue weighted by atomic mass is 9.77. The predicted octanol–water partition coefficient (Wildman–Crippen LogP) is 9.08. The number of carbonyl (C=O) groups excluding carboxylic acids is 2. The van der Waals surface area contributed by atoms with Gasteiger partial charge in [-0.25, -0.2) is 9.29 Å². The van der Waals surface area contributed by atoms with E-state index < -0.39 is 51.2 Å². The molecular weight excluding hydrogens is 904 g/mol. The molecule has 8 aromatic rings. The van der Waals surface area contributed by atoms with Gasteiger partial charge in [-0.3, -0.25) is 19.1 Å². The number of alkyl halides is 1. The summed E-state index contributed by atoms with van der Waals surface area (Å²) in [5.41, 5.74) is 2.32. The highest BCUT2D eigenvalue weighted by molar-refractivity contribution is 7.84. The number of oxime groups is 1. The zero-order chi connectivity index (χ0) is 46.7. The summed E-state index contributed by atoms with van der Waals surface area (Å²) in [5.74, 6) is -2.36. The number of benzene rings is 6. The highest BCUT2D eigenvalue weighted by Crippen LogP contribution is 2.42. The van der Waals surface area contributed by atoms with E-state index in [-0.39, 0.29) is 15.7 Å². The summed E-state index contributed by atoms with van der Waals surface area (Å²) in [4.78, 5) is 43.2. The van der Waals surface area contributed by atoms with Crippen LogP contribution in [0.5, 0.6) is 0 Å². The Labute approximate surface area is 397 Å². The lowest BCUT2D eigenvalue weighted by Crippen LogP contribution is -2.73. The van der Waals surface area contributed by atoms with E-state index in [9.17, 15) is 22.6 Å². The Kier molecular flexibility index (Phi) is 14.3. The number of rotatable bonds is 15. The van der Waals surface area contributed by atoms with E-state index in [1.165, 1.54) is 11.3 Å². The van der Waals surface area contributed by atoms with Crippen LogP contribution in [0.25, 0.3) is 0 Å². The molecule has 0 spiro atoms. The van der Waals surface area contributed by atoms with E-state index >= 15 is 0 Å². The summed E-state index contributed by atoms with van der Waals surface area (Å²) >= 11 is 7.32. The first-order valence-corrected chi connectivity index (χ1v) is 23.8. The van der Waals surface area contributed by atoms with Crippen molar-refractivity contribution in [2.45, 2.75) is 23.2 Å². The van der Waals surface area contributed by atoms with Crippen molar-refractivity contribution in [3.63, 3.8) is 0 Å². The van der Waals surface area contributed by atoms with Crippen LogP contribution in [-0.4, -0.2) is 62.7 Å². The molecule has 1 aliphatic rings. The van der Waals surface area contributed by atoms with Crippen molar-refractivity contribution in [3.8, 4) is 0 Å². The first kappa shape index (κ1) is 46.1. The summed E-state index contributed by atoms with van der Waals surface area (Å²) in [6.07, 6.45) is 3.50. The molecule has 1 aliphatic heterocycles. The number of halogens is 1. The topological polar surface area (TPSA) is 163 Å². The third-order valence-electron chi connectivity index (χ3n) is 11.1. The second-order valence-corrected chi connectivity index (χ2v) is 17.6. The number of hydrogen-bond acceptors (Lipinski definition) is 10. The van der Waals surface area contributed by atoms with Crippen molar-refractivity contribution < 1.29 is 27.4 Å². The lowest BCUT2D eigenvalue weighted by Gasteiger charge is -2.43. The van der Waals surface area contributed by atoms with E-state index in [4.69, 9.17) is 21.4 Å². The van der Waals surface area contributed by atoms with Crippen molar-refractivity contribution in [2.24, 2.45) is 5.16 Å². The number of amides is 2. The average molecular weight is 948 g/mol. The van der Waals surface area contributed by atoms with Crippen LogP contribution < -0.4 is 10.6 Å². The van der Waals surface area contributed by atoms with Gasteiger partial charge in [-0.2, -0.15) is 8.42 Å². The minimum Gasteiger partial charge on any atom is -0.374 e. The number of aromatic nitrogens is 2. The van der Waals surface area contributed by atoms with Crippen LogP contribution in [0, 0.1) is 0 Å². The quantitative estimate of drug-likeness (QED) is 0.0227. The van der Waals surface area contributed by atoms with Crippen LogP contribution in [0.15, 0.2) is 223 Å². The van der Waals surface area contributed by atoms with Crippen molar-refractivity contribution in [1.29, 1.82) is 0 Å². The van der Waals surface area contributed by atoms with Gasteiger partial charge in [0.2, 0.25) is 5.60 Å². The monoisotopic (exact) mass is 946 g/mol. The molecule has 0 saturated carbocycles. The first-order chi connectivity index (χ1) is 32.7. The molecule has 1 saturated heterocycles. The van der Waals surface area contributed by atoms with Gasteiger partial charge in [0, 0.05) is 40.3 Å². The Morgan fingerprint density at radius 1 is 0.672 bits per heavy atom. The number of thiazole rings is 1. The van der Waals surface area contributed by atoms with Crippen LogP contribution >= 0.6 is 22.9 Å². The van der Waals surface area contributed by atoms with Gasteiger partial charge in [-0.05, 0) is 28.8 Å². The molecule has 6 aromatic carbocycles. The van der Waals surface area contributed by atoms with Gasteiger partial charge in [0.15, 0.2) is 10.8 Å². The summed E-state index contributed by atoms with van der Waals surface area (Å²) in [7, 11) is -4.95. The minimum atomic E-state index is -4.95. The maximum Gasteiger partial charge on any atom is 0.362 e. The average Bonchev–Trinajstić information content (AvgIpc) is 3.85. The normalized spacial score (nSPS) is 15.0. The maximum absolute atomic E-state index is 14.6. The fourth-order valence-electron chi connectivity index (χ4n) is 8.01. The van der Waals surface area contributed by atoms with E-state index in [1.807, 2.05) is 200 Å². The third kappa shape index (κ3) is 9.74. The molecule has 2 amide bonds. The highest BCUT2D eigenvalue weighted by Gasteiger charge is 2.54. The molecule has 15 heteroatoms. The van der Waals surface area contributed by atoms with Crippen LogP contribution in [-0.2, 0) is 35.9 Å². The summed E-state index contributed by atoms with van der Waals surface area (Å²) in [5, 5.41) is 13.0. The Bertz CT molecular complexity index is 2790. The molecular formula is C52H43ClN6O6S2. The van der Waals surface area contributed by atoms with E-state index in [2.05, 4.69) is 20.8 Å². The van der Waals surface area contributed by atoms with E-state index in [0.29, 0.717) is 21.8 Å². The predicted molar refractivity (Wildman–Crippen MR) is 261 cm³/mol. The number of nitrogens with zero attached hydrogens (tertiary/aromatic N) is 4. The van der Waals surface area contributed by atoms with Crippen LogP contribution in [0.3, 0.4) is 0 Å². The molecule has 9 rings (SSSR count). The Hall–Kier alpha value is -7.49. The van der Waals surface area contributed by atoms with Crippen LogP contribution in [0.1, 0.15) is 39.1 Å². The number of carbonyl (C=O) groups is 2. The van der Waals surface area contributed by atoms with Gasteiger partial charge < -0.3 is 15.5 Å². The van der Waals surface area contributed by atoms with Gasteiger partial charge in [0.1, 0.15) is 17.3 Å². The van der Waals surface area contributed by atoms with Crippen molar-refractivity contribution in [1.82, 2.24) is 19.6 Å². The van der Waals surface area contributed by atoms with Crippen LogP contribution in [0.4, 0.5) is 5.13 Å². The van der Waals surface area contributed by atoms with Gasteiger partial charge in [-0.1, -0.05) is 193 Å². The second kappa shape index (κ2) is 20.8. The Balaban J connectivity index is 0.000000940. The number of pyridine rings is 1. The fourth-order valence-corrected chi connectivity index (χ4v) is 10.0. The Morgan fingerprint density at radius 2 is 1.07 bits per heavy atom. The van der Waals surface area contributed by atoms with Crippen LogP contribution in [0.2, 0.25) is 0 Å². The number of β-lactam (4-membered cyclic amide) rings is 1. The SMILES string of the molecule is O=C(NC1C(=O)N(S(=O)(=O)O)C1CCl)/C(=N/OC(c1ccccc1)(c1ccccc1)c1ccccc1)c1csc(NC(c2ccccc2)(c2ccccc2)c2ccccc2)n1.c1ccncc1. The molecule has 336 valence electrons. The molecule has 3 N–H and O–H groups in total. The smallest absolute Gasteiger partial charge is 0.362 e. The lowest BCUT2D eigenvalue weighted by molar-refractivity contribution is -0.143. The number of hydrogen-bond donors (Lipinski definition) is 3. The second-order valence-electron chi connectivity index (χ2n) is 15.1. The largest absolute Gasteiger partial charge is 0.374 e. The Morgan fingerprint density at radius 3 is 1.43 bits per heavy atom. The molecule has 2 unspecified atom stereocenters. The zero-order valence-electron chi connectivity index (χ0n) is 35.6. The molecule has 0 bridgehead atoms. The van der Waals surface area contributed by atoms with Crippen molar-refractivity contribution >= 4 is 55.9 Å². The molecule has 12 nitrogen and oxygen atoms in total. The summed E-state index contributed by atoms with van der Waals surface area (Å²) in [6, 6.07) is 61.2. The fraction of sp³-hybridized carbons (Fsp3) is 0.0962. The molecule has 1 fully saturated rings. The molecule has 2 aromatic heterocycles. The summed E-state index contributed by atoms with van der Waals surface area (Å²) < 4.78 is 34.1.